The number of rotatable bonds is 5. The molecule has 2 N–H and O–H groups in total. The van der Waals surface area contributed by atoms with Gasteiger partial charge in [0.1, 0.15) is 23.6 Å². The number of nitrogens with zero attached hydrogens (tertiary/aromatic N) is 5. The number of thiazole rings is 1. The maximum atomic E-state index is 13.0. The van der Waals surface area contributed by atoms with Crippen molar-refractivity contribution in [3.8, 4) is 12.1 Å². The van der Waals surface area contributed by atoms with Crippen molar-refractivity contribution in [1.29, 1.82) is 10.5 Å². The van der Waals surface area contributed by atoms with Crippen molar-refractivity contribution in [2.24, 2.45) is 0 Å². The van der Waals surface area contributed by atoms with E-state index >= 15 is 0 Å². The second kappa shape index (κ2) is 9.59. The van der Waals surface area contributed by atoms with Gasteiger partial charge in [-0.15, -0.1) is 11.3 Å². The van der Waals surface area contributed by atoms with Crippen LogP contribution in [0, 0.1) is 28.5 Å². The Morgan fingerprint density at radius 3 is 2.55 bits per heavy atom. The SMILES string of the molecule is N#Cc1nc(NC(=O)c2csc(C3CCN(C(=O)Cc4ccc(F)cc4)CC3)n2)[nH]c1C#N. The summed E-state index contributed by atoms with van der Waals surface area (Å²) in [4.78, 5) is 37.7. The first-order chi connectivity index (χ1) is 16.0. The number of likely N-dealkylation sites (tertiary alicyclic amines) is 1. The molecule has 2 aromatic heterocycles. The number of anilines is 1. The van der Waals surface area contributed by atoms with Crippen LogP contribution in [-0.4, -0.2) is 44.8 Å². The minimum atomic E-state index is -0.493. The molecule has 1 fully saturated rings. The maximum absolute atomic E-state index is 13.0. The van der Waals surface area contributed by atoms with Gasteiger partial charge >= 0.3 is 0 Å². The van der Waals surface area contributed by atoms with Crippen molar-refractivity contribution in [2.75, 3.05) is 18.4 Å². The Morgan fingerprint density at radius 1 is 1.18 bits per heavy atom. The zero-order chi connectivity index (χ0) is 23.4. The Kier molecular flexibility index (Phi) is 6.43. The summed E-state index contributed by atoms with van der Waals surface area (Å²) in [6.07, 6.45) is 1.71. The van der Waals surface area contributed by atoms with Crippen LogP contribution >= 0.6 is 11.3 Å². The number of hydrogen-bond acceptors (Lipinski definition) is 7. The average Bonchev–Trinajstić information content (AvgIpc) is 3.48. The second-order valence-corrected chi connectivity index (χ2v) is 8.41. The molecule has 1 aromatic carbocycles. The fraction of sp³-hybridized carbons (Fsp3) is 0.273. The van der Waals surface area contributed by atoms with Crippen LogP contribution in [0.5, 0.6) is 0 Å². The topological polar surface area (TPSA) is 139 Å². The molecule has 4 rings (SSSR count). The zero-order valence-electron chi connectivity index (χ0n) is 17.3. The molecular weight excluding hydrogens is 445 g/mol. The highest BCUT2D eigenvalue weighted by atomic mass is 32.1. The highest BCUT2D eigenvalue weighted by Gasteiger charge is 2.26. The quantitative estimate of drug-likeness (QED) is 0.596. The van der Waals surface area contributed by atoms with Crippen molar-refractivity contribution >= 4 is 29.1 Å². The van der Waals surface area contributed by atoms with Crippen molar-refractivity contribution in [1.82, 2.24) is 19.9 Å². The number of halogens is 1. The number of H-pyrrole nitrogens is 1. The zero-order valence-corrected chi connectivity index (χ0v) is 18.2. The molecule has 3 heterocycles. The van der Waals surface area contributed by atoms with E-state index in [-0.39, 0.29) is 47.1 Å². The fourth-order valence-electron chi connectivity index (χ4n) is 3.61. The van der Waals surface area contributed by atoms with E-state index in [1.807, 2.05) is 0 Å². The predicted octanol–water partition coefficient (Wildman–Crippen LogP) is 2.95. The molecule has 9 nitrogen and oxygen atoms in total. The van der Waals surface area contributed by atoms with E-state index in [2.05, 4.69) is 20.3 Å². The Bertz CT molecular complexity index is 1230. The van der Waals surface area contributed by atoms with Gasteiger partial charge in [0.15, 0.2) is 11.4 Å². The van der Waals surface area contributed by atoms with Crippen LogP contribution in [0.4, 0.5) is 10.3 Å². The standard InChI is InChI=1S/C22H18FN7O2S/c23-15-3-1-13(2-4-15)9-19(31)30-7-5-14(6-8-30)21-26-18(12-33-21)20(32)29-22-27-16(10-24)17(11-25)28-22/h1-4,12,14H,5-9H2,(H2,27,28,29,32). The summed E-state index contributed by atoms with van der Waals surface area (Å²) in [5.41, 5.74) is 0.887. The predicted molar refractivity (Wildman–Crippen MR) is 117 cm³/mol. The van der Waals surface area contributed by atoms with Crippen LogP contribution in [0.1, 0.15) is 51.2 Å². The van der Waals surface area contributed by atoms with E-state index in [1.54, 1.807) is 34.6 Å². The number of aromatic nitrogens is 3. The molecule has 1 aliphatic heterocycles. The van der Waals surface area contributed by atoms with Gasteiger partial charge in [-0.25, -0.2) is 14.4 Å². The first-order valence-electron chi connectivity index (χ1n) is 10.2. The van der Waals surface area contributed by atoms with E-state index in [9.17, 15) is 14.0 Å². The molecule has 33 heavy (non-hydrogen) atoms. The van der Waals surface area contributed by atoms with Gasteiger partial charge in [-0.1, -0.05) is 12.1 Å². The summed E-state index contributed by atoms with van der Waals surface area (Å²) >= 11 is 1.38. The fourth-order valence-corrected chi connectivity index (χ4v) is 4.58. The summed E-state index contributed by atoms with van der Waals surface area (Å²) in [5, 5.41) is 22.9. The minimum absolute atomic E-state index is 0.00573. The van der Waals surface area contributed by atoms with Crippen LogP contribution in [0.25, 0.3) is 0 Å². The summed E-state index contributed by atoms with van der Waals surface area (Å²) in [5.74, 6) is -0.661. The molecule has 0 radical (unpaired) electrons. The van der Waals surface area contributed by atoms with E-state index < -0.39 is 5.91 Å². The molecule has 0 spiro atoms. The third-order valence-corrected chi connectivity index (χ3v) is 6.38. The lowest BCUT2D eigenvalue weighted by molar-refractivity contribution is -0.131. The Morgan fingerprint density at radius 2 is 1.91 bits per heavy atom. The van der Waals surface area contributed by atoms with Crippen LogP contribution in [0.2, 0.25) is 0 Å². The lowest BCUT2D eigenvalue weighted by Crippen LogP contribution is -2.38. The molecular formula is C22H18FN7O2S. The first-order valence-corrected chi connectivity index (χ1v) is 11.0. The summed E-state index contributed by atoms with van der Waals surface area (Å²) in [7, 11) is 0. The van der Waals surface area contributed by atoms with Crippen molar-refractivity contribution < 1.29 is 14.0 Å². The highest BCUT2D eigenvalue weighted by Crippen LogP contribution is 2.30. The van der Waals surface area contributed by atoms with Gasteiger partial charge in [0.05, 0.1) is 11.4 Å². The van der Waals surface area contributed by atoms with Gasteiger partial charge in [-0.2, -0.15) is 10.5 Å². The number of aromatic amines is 1. The van der Waals surface area contributed by atoms with Gasteiger partial charge in [0, 0.05) is 24.4 Å². The lowest BCUT2D eigenvalue weighted by atomic mass is 9.97. The average molecular weight is 463 g/mol. The molecule has 0 saturated carbocycles. The van der Waals surface area contributed by atoms with Gasteiger partial charge in [-0.05, 0) is 30.5 Å². The minimum Gasteiger partial charge on any atom is -0.342 e. The summed E-state index contributed by atoms with van der Waals surface area (Å²) < 4.78 is 13.0. The van der Waals surface area contributed by atoms with Gasteiger partial charge < -0.3 is 9.88 Å². The molecule has 0 aliphatic carbocycles. The molecule has 1 saturated heterocycles. The number of piperidine rings is 1. The Hall–Kier alpha value is -4.09. The van der Waals surface area contributed by atoms with Crippen molar-refractivity contribution in [3.63, 3.8) is 0 Å². The van der Waals surface area contributed by atoms with E-state index in [4.69, 9.17) is 10.5 Å². The first kappa shape index (κ1) is 22.1. The van der Waals surface area contributed by atoms with Crippen molar-refractivity contribution in [2.45, 2.75) is 25.2 Å². The Labute approximate surface area is 192 Å². The number of carbonyl (C=O) groups is 2. The van der Waals surface area contributed by atoms with Gasteiger partial charge in [0.2, 0.25) is 11.9 Å². The largest absolute Gasteiger partial charge is 0.342 e. The maximum Gasteiger partial charge on any atom is 0.277 e. The third-order valence-electron chi connectivity index (χ3n) is 5.37. The van der Waals surface area contributed by atoms with Crippen LogP contribution < -0.4 is 5.32 Å². The monoisotopic (exact) mass is 463 g/mol. The van der Waals surface area contributed by atoms with Crippen LogP contribution in [0.3, 0.4) is 0 Å². The molecule has 11 heteroatoms. The van der Waals surface area contributed by atoms with E-state index in [0.29, 0.717) is 13.1 Å². The highest BCUT2D eigenvalue weighted by molar-refractivity contribution is 7.10. The summed E-state index contributed by atoms with van der Waals surface area (Å²) in [6.45, 7) is 1.18. The normalized spacial score (nSPS) is 13.8. The smallest absolute Gasteiger partial charge is 0.277 e. The van der Waals surface area contributed by atoms with E-state index in [0.717, 1.165) is 23.4 Å². The lowest BCUT2D eigenvalue weighted by Gasteiger charge is -2.31. The number of nitriles is 2. The Balaban J connectivity index is 1.32. The number of nitrogens with one attached hydrogen (secondary N) is 2. The molecule has 3 aromatic rings. The molecule has 0 bridgehead atoms. The number of amides is 2. The number of benzene rings is 1. The molecule has 1 aliphatic rings. The van der Waals surface area contributed by atoms with Gasteiger partial charge in [-0.3, -0.25) is 14.9 Å². The van der Waals surface area contributed by atoms with Crippen molar-refractivity contribution in [3.05, 3.63) is 63.1 Å². The van der Waals surface area contributed by atoms with Gasteiger partial charge in [0.25, 0.3) is 5.91 Å². The second-order valence-electron chi connectivity index (χ2n) is 7.52. The summed E-state index contributed by atoms with van der Waals surface area (Å²) in [6, 6.07) is 9.52. The number of carbonyl (C=O) groups excluding carboxylic acids is 2. The van der Waals surface area contributed by atoms with Crippen LogP contribution in [0.15, 0.2) is 29.6 Å². The molecule has 0 atom stereocenters. The molecule has 0 unspecified atom stereocenters. The molecule has 166 valence electrons. The number of hydrogen-bond donors (Lipinski definition) is 2. The van der Waals surface area contributed by atoms with E-state index in [1.165, 1.54) is 23.5 Å². The molecule has 2 amide bonds. The van der Waals surface area contributed by atoms with Crippen LogP contribution in [-0.2, 0) is 11.2 Å². The third kappa shape index (κ3) is 5.05. The number of imidazole rings is 1.